The summed E-state index contributed by atoms with van der Waals surface area (Å²) in [4.78, 5) is 24.0. The third-order valence-electron chi connectivity index (χ3n) is 4.45. The molecule has 7 heteroatoms. The van der Waals surface area contributed by atoms with Gasteiger partial charge in [-0.05, 0) is 41.5 Å². The van der Waals surface area contributed by atoms with E-state index in [4.69, 9.17) is 11.6 Å². The van der Waals surface area contributed by atoms with Gasteiger partial charge in [-0.1, -0.05) is 48.0 Å². The molecule has 2 amide bonds. The van der Waals surface area contributed by atoms with Crippen LogP contribution in [0, 0.1) is 6.92 Å². The molecule has 148 valence electrons. The van der Waals surface area contributed by atoms with Crippen molar-refractivity contribution >= 4 is 46.1 Å². The van der Waals surface area contributed by atoms with E-state index in [0.717, 1.165) is 16.3 Å². The lowest BCUT2D eigenvalue weighted by molar-refractivity contribution is -0.124. The quantitative estimate of drug-likeness (QED) is 0.417. The van der Waals surface area contributed by atoms with Gasteiger partial charge in [-0.25, -0.2) is 5.43 Å². The molecule has 3 aromatic rings. The Morgan fingerprint density at radius 3 is 2.62 bits per heavy atom. The SMILES string of the molecule is Cc1c(Cl)cccc1NC(=O)CCC(=O)NN=Cc1c(O)ccc2ccccc12. The van der Waals surface area contributed by atoms with Crippen molar-refractivity contribution in [2.45, 2.75) is 19.8 Å². The summed E-state index contributed by atoms with van der Waals surface area (Å²) in [6, 6.07) is 16.2. The van der Waals surface area contributed by atoms with E-state index in [0.29, 0.717) is 16.3 Å². The fourth-order valence-corrected chi connectivity index (χ4v) is 3.00. The average Bonchev–Trinajstić information content (AvgIpc) is 2.71. The summed E-state index contributed by atoms with van der Waals surface area (Å²) in [5.74, 6) is -0.627. The highest BCUT2D eigenvalue weighted by atomic mass is 35.5. The van der Waals surface area contributed by atoms with E-state index in [-0.39, 0.29) is 24.5 Å². The second kappa shape index (κ2) is 9.21. The van der Waals surface area contributed by atoms with Crippen LogP contribution >= 0.6 is 11.6 Å². The number of phenols is 1. The van der Waals surface area contributed by atoms with Crippen LogP contribution in [0.1, 0.15) is 24.0 Å². The number of rotatable bonds is 6. The first-order valence-corrected chi connectivity index (χ1v) is 9.41. The third kappa shape index (κ3) is 5.12. The molecule has 0 radical (unpaired) electrons. The lowest BCUT2D eigenvalue weighted by Gasteiger charge is -2.09. The van der Waals surface area contributed by atoms with E-state index >= 15 is 0 Å². The molecular formula is C22H20ClN3O3. The van der Waals surface area contributed by atoms with Crippen molar-refractivity contribution in [1.82, 2.24) is 5.43 Å². The molecule has 0 spiro atoms. The van der Waals surface area contributed by atoms with Crippen molar-refractivity contribution in [3.8, 4) is 5.75 Å². The van der Waals surface area contributed by atoms with Gasteiger partial charge in [0.15, 0.2) is 0 Å². The topological polar surface area (TPSA) is 90.8 Å². The summed E-state index contributed by atoms with van der Waals surface area (Å²) in [6.07, 6.45) is 1.38. The Morgan fingerprint density at radius 1 is 1.03 bits per heavy atom. The Bertz CT molecular complexity index is 1100. The van der Waals surface area contributed by atoms with Crippen LogP contribution in [0.25, 0.3) is 10.8 Å². The number of nitrogens with one attached hydrogen (secondary N) is 2. The van der Waals surface area contributed by atoms with Crippen LogP contribution in [0.5, 0.6) is 5.75 Å². The standard InChI is InChI=1S/C22H20ClN3O3/c1-14-18(23)7-4-8-19(14)25-21(28)11-12-22(29)26-24-13-17-16-6-3-2-5-15(16)9-10-20(17)27/h2-10,13,27H,11-12H2,1H3,(H,25,28)(H,26,29). The van der Waals surface area contributed by atoms with E-state index in [1.165, 1.54) is 6.21 Å². The number of fused-ring (bicyclic) bond motifs is 1. The number of anilines is 1. The van der Waals surface area contributed by atoms with Crippen LogP contribution in [0.2, 0.25) is 5.02 Å². The normalized spacial score (nSPS) is 11.0. The first-order valence-electron chi connectivity index (χ1n) is 9.03. The van der Waals surface area contributed by atoms with Crippen molar-refractivity contribution in [2.75, 3.05) is 5.32 Å². The zero-order valence-electron chi connectivity index (χ0n) is 15.8. The van der Waals surface area contributed by atoms with Gasteiger partial charge in [0.2, 0.25) is 11.8 Å². The predicted octanol–water partition coefficient (Wildman–Crippen LogP) is 4.38. The smallest absolute Gasteiger partial charge is 0.240 e. The minimum atomic E-state index is -0.404. The van der Waals surface area contributed by atoms with Gasteiger partial charge in [0.05, 0.1) is 6.21 Å². The summed E-state index contributed by atoms with van der Waals surface area (Å²) in [7, 11) is 0. The van der Waals surface area contributed by atoms with E-state index in [1.807, 2.05) is 31.2 Å². The van der Waals surface area contributed by atoms with Gasteiger partial charge < -0.3 is 10.4 Å². The highest BCUT2D eigenvalue weighted by molar-refractivity contribution is 6.31. The average molecular weight is 410 g/mol. The molecule has 3 rings (SSSR count). The molecule has 0 aliphatic heterocycles. The monoisotopic (exact) mass is 409 g/mol. The molecule has 0 saturated carbocycles. The Morgan fingerprint density at radius 2 is 1.79 bits per heavy atom. The predicted molar refractivity (Wildman–Crippen MR) is 115 cm³/mol. The molecule has 0 aliphatic rings. The van der Waals surface area contributed by atoms with Gasteiger partial charge in [-0.2, -0.15) is 5.10 Å². The van der Waals surface area contributed by atoms with E-state index in [9.17, 15) is 14.7 Å². The lowest BCUT2D eigenvalue weighted by atomic mass is 10.0. The summed E-state index contributed by atoms with van der Waals surface area (Å²) in [6.45, 7) is 1.81. The number of hydrogen-bond acceptors (Lipinski definition) is 4. The molecule has 0 heterocycles. The summed E-state index contributed by atoms with van der Waals surface area (Å²) < 4.78 is 0. The molecule has 6 nitrogen and oxygen atoms in total. The zero-order chi connectivity index (χ0) is 20.8. The van der Waals surface area contributed by atoms with E-state index in [2.05, 4.69) is 15.8 Å². The van der Waals surface area contributed by atoms with Crippen LogP contribution in [-0.2, 0) is 9.59 Å². The molecule has 0 aliphatic carbocycles. The maximum atomic E-state index is 12.1. The van der Waals surface area contributed by atoms with Crippen molar-refractivity contribution in [3.63, 3.8) is 0 Å². The Balaban J connectivity index is 1.55. The number of phenolic OH excluding ortho intramolecular Hbond substituents is 1. The van der Waals surface area contributed by atoms with Crippen molar-refractivity contribution in [1.29, 1.82) is 0 Å². The van der Waals surface area contributed by atoms with Crippen molar-refractivity contribution < 1.29 is 14.7 Å². The van der Waals surface area contributed by atoms with Crippen molar-refractivity contribution in [2.24, 2.45) is 5.10 Å². The number of carbonyl (C=O) groups excluding carboxylic acids is 2. The van der Waals surface area contributed by atoms with E-state index < -0.39 is 5.91 Å². The van der Waals surface area contributed by atoms with Gasteiger partial charge in [0.25, 0.3) is 0 Å². The number of aromatic hydroxyl groups is 1. The molecule has 0 fully saturated rings. The van der Waals surface area contributed by atoms with Gasteiger partial charge in [-0.3, -0.25) is 9.59 Å². The van der Waals surface area contributed by atoms with Crippen LogP contribution in [0.4, 0.5) is 5.69 Å². The molecule has 29 heavy (non-hydrogen) atoms. The van der Waals surface area contributed by atoms with Gasteiger partial charge in [-0.15, -0.1) is 0 Å². The number of benzene rings is 3. The Kier molecular flexibility index (Phi) is 6.46. The van der Waals surface area contributed by atoms with Gasteiger partial charge in [0.1, 0.15) is 5.75 Å². The second-order valence-corrected chi connectivity index (χ2v) is 6.88. The van der Waals surface area contributed by atoms with Gasteiger partial charge in [0, 0.05) is 29.1 Å². The van der Waals surface area contributed by atoms with Crippen LogP contribution in [0.15, 0.2) is 59.7 Å². The number of nitrogens with zero attached hydrogens (tertiary/aromatic N) is 1. The largest absolute Gasteiger partial charge is 0.507 e. The molecule has 0 aromatic heterocycles. The van der Waals surface area contributed by atoms with Crippen LogP contribution in [0.3, 0.4) is 0 Å². The maximum absolute atomic E-state index is 12.1. The summed E-state index contributed by atoms with van der Waals surface area (Å²) in [5, 5.41) is 19.0. The highest BCUT2D eigenvalue weighted by Gasteiger charge is 2.10. The number of amides is 2. The highest BCUT2D eigenvalue weighted by Crippen LogP contribution is 2.25. The fraction of sp³-hybridized carbons (Fsp3) is 0.136. The molecule has 3 aromatic carbocycles. The number of carbonyl (C=O) groups is 2. The second-order valence-electron chi connectivity index (χ2n) is 6.47. The lowest BCUT2D eigenvalue weighted by Crippen LogP contribution is -2.21. The van der Waals surface area contributed by atoms with Crippen molar-refractivity contribution in [3.05, 3.63) is 70.7 Å². The van der Waals surface area contributed by atoms with E-state index in [1.54, 1.807) is 30.3 Å². The first-order chi connectivity index (χ1) is 14.0. The Hall–Kier alpha value is -3.38. The first kappa shape index (κ1) is 20.4. The molecule has 0 bridgehead atoms. The third-order valence-corrected chi connectivity index (χ3v) is 4.86. The summed E-state index contributed by atoms with van der Waals surface area (Å²) >= 11 is 6.03. The number of hydrogen-bond donors (Lipinski definition) is 3. The number of halogens is 1. The molecule has 0 atom stereocenters. The fourth-order valence-electron chi connectivity index (χ4n) is 2.83. The van der Waals surface area contributed by atoms with Gasteiger partial charge >= 0.3 is 0 Å². The zero-order valence-corrected chi connectivity index (χ0v) is 16.5. The molecule has 0 saturated heterocycles. The minimum absolute atomic E-state index is 0.00677. The van der Waals surface area contributed by atoms with Crippen LogP contribution < -0.4 is 10.7 Å². The minimum Gasteiger partial charge on any atom is -0.507 e. The summed E-state index contributed by atoms with van der Waals surface area (Å²) in [5.41, 5.74) is 4.28. The maximum Gasteiger partial charge on any atom is 0.240 e. The molecule has 0 unspecified atom stereocenters. The number of hydrazone groups is 1. The molecular weight excluding hydrogens is 390 g/mol. The molecule has 3 N–H and O–H groups in total. The Labute approximate surface area is 173 Å². The van der Waals surface area contributed by atoms with Crippen LogP contribution in [-0.4, -0.2) is 23.1 Å².